The fraction of sp³-hybridized carbons (Fsp3) is 0.934. The average molecular weight is 947 g/mol. The maximum Gasteiger partial charge on any atom is 0.305 e. The summed E-state index contributed by atoms with van der Waals surface area (Å²) in [5.74, 6) is -0.0414. The van der Waals surface area contributed by atoms with Gasteiger partial charge in [0.15, 0.2) is 0 Å². The summed E-state index contributed by atoms with van der Waals surface area (Å²) in [6, 6.07) is -0.549. The van der Waals surface area contributed by atoms with Crippen molar-refractivity contribution in [2.24, 2.45) is 0 Å². The molecule has 0 aromatic carbocycles. The van der Waals surface area contributed by atoms with Gasteiger partial charge in [-0.3, -0.25) is 9.59 Å². The Bertz CT molecular complexity index is 1000. The van der Waals surface area contributed by atoms with E-state index in [9.17, 15) is 19.8 Å². The highest BCUT2D eigenvalue weighted by atomic mass is 16.5. The Morgan fingerprint density at radius 1 is 0.403 bits per heavy atom. The van der Waals surface area contributed by atoms with Crippen molar-refractivity contribution in [1.82, 2.24) is 5.32 Å². The lowest BCUT2D eigenvalue weighted by atomic mass is 10.0. The number of aliphatic hydroxyl groups is 2. The molecule has 0 saturated heterocycles. The molecule has 0 bridgehead atoms. The number of aliphatic hydroxyl groups excluding tert-OH is 2. The van der Waals surface area contributed by atoms with E-state index in [4.69, 9.17) is 4.74 Å². The standard InChI is InChI=1S/C61H119NO5/c1-3-5-7-9-11-13-15-17-19-20-23-27-31-35-39-43-47-51-55-61(66)67-56-52-48-44-40-36-32-28-24-21-22-26-30-34-38-42-46-50-54-60(65)62-58(57-63)59(64)53-49-45-41-37-33-29-25-18-16-14-12-10-8-6-4-2/h21,24,58-59,63-64H,3-20,22-23,25-57H2,1-2H3,(H,62,65)/b24-21-. The van der Waals surface area contributed by atoms with E-state index in [0.717, 1.165) is 51.4 Å². The second-order valence-electron chi connectivity index (χ2n) is 21.0. The first-order valence-corrected chi connectivity index (χ1v) is 30.4. The number of nitrogens with one attached hydrogen (secondary N) is 1. The van der Waals surface area contributed by atoms with Crippen LogP contribution in [-0.4, -0.2) is 47.4 Å². The average Bonchev–Trinajstić information content (AvgIpc) is 3.33. The summed E-state index contributed by atoms with van der Waals surface area (Å²) in [5.41, 5.74) is 0. The van der Waals surface area contributed by atoms with Gasteiger partial charge in [-0.05, 0) is 51.4 Å². The third-order valence-corrected chi connectivity index (χ3v) is 14.3. The van der Waals surface area contributed by atoms with Gasteiger partial charge in [0, 0.05) is 12.8 Å². The molecule has 0 aliphatic rings. The highest BCUT2D eigenvalue weighted by Crippen LogP contribution is 2.18. The molecule has 0 aliphatic carbocycles. The molecule has 0 saturated carbocycles. The fourth-order valence-electron chi connectivity index (χ4n) is 9.64. The number of allylic oxidation sites excluding steroid dienone is 2. The van der Waals surface area contributed by atoms with Crippen molar-refractivity contribution in [3.8, 4) is 0 Å². The second kappa shape index (κ2) is 57.2. The summed E-state index contributed by atoms with van der Waals surface area (Å²) in [7, 11) is 0. The summed E-state index contributed by atoms with van der Waals surface area (Å²) in [4.78, 5) is 24.6. The quantitative estimate of drug-likeness (QED) is 0.0321. The van der Waals surface area contributed by atoms with Crippen molar-refractivity contribution in [2.45, 2.75) is 353 Å². The Balaban J connectivity index is 3.42. The number of esters is 1. The lowest BCUT2D eigenvalue weighted by Crippen LogP contribution is -2.45. The smallest absolute Gasteiger partial charge is 0.305 e. The van der Waals surface area contributed by atoms with Gasteiger partial charge in [0.1, 0.15) is 0 Å². The molecular formula is C61H119NO5. The van der Waals surface area contributed by atoms with E-state index < -0.39 is 12.1 Å². The van der Waals surface area contributed by atoms with E-state index in [-0.39, 0.29) is 18.5 Å². The SMILES string of the molecule is CCCCCCCCCCCCCCCCCCCCC(=O)OCCCCCCCC/C=C\CCCCCCCCCC(=O)NC(CO)C(O)CCCCCCCCCCCCCCCCC. The normalized spacial score (nSPS) is 12.6. The molecule has 3 N–H and O–H groups in total. The zero-order valence-corrected chi connectivity index (χ0v) is 45.4. The van der Waals surface area contributed by atoms with Crippen molar-refractivity contribution >= 4 is 11.9 Å². The predicted octanol–water partition coefficient (Wildman–Crippen LogP) is 18.9. The van der Waals surface area contributed by atoms with Gasteiger partial charge in [-0.1, -0.05) is 289 Å². The van der Waals surface area contributed by atoms with Crippen LogP contribution in [0.1, 0.15) is 341 Å². The van der Waals surface area contributed by atoms with Gasteiger partial charge in [-0.15, -0.1) is 0 Å². The third-order valence-electron chi connectivity index (χ3n) is 14.3. The molecule has 2 atom stereocenters. The van der Waals surface area contributed by atoms with E-state index in [1.54, 1.807) is 0 Å². The summed E-state index contributed by atoms with van der Waals surface area (Å²) in [6.07, 6.45) is 67.8. The van der Waals surface area contributed by atoms with Gasteiger partial charge in [-0.25, -0.2) is 0 Å². The molecule has 0 aliphatic heterocycles. The molecule has 0 aromatic rings. The molecule has 0 heterocycles. The van der Waals surface area contributed by atoms with Crippen molar-refractivity contribution in [3.63, 3.8) is 0 Å². The molecule has 0 fully saturated rings. The van der Waals surface area contributed by atoms with E-state index >= 15 is 0 Å². The maximum absolute atomic E-state index is 12.5. The van der Waals surface area contributed by atoms with Crippen LogP contribution in [0, 0.1) is 0 Å². The zero-order chi connectivity index (χ0) is 48.6. The Kier molecular flexibility index (Phi) is 56.0. The van der Waals surface area contributed by atoms with Crippen molar-refractivity contribution in [1.29, 1.82) is 0 Å². The molecule has 2 unspecified atom stereocenters. The van der Waals surface area contributed by atoms with Gasteiger partial charge in [0.05, 0.1) is 25.4 Å². The van der Waals surface area contributed by atoms with Crippen LogP contribution in [0.5, 0.6) is 0 Å². The van der Waals surface area contributed by atoms with E-state index in [1.165, 1.54) is 257 Å². The summed E-state index contributed by atoms with van der Waals surface area (Å²) >= 11 is 0. The van der Waals surface area contributed by atoms with Crippen molar-refractivity contribution in [3.05, 3.63) is 12.2 Å². The largest absolute Gasteiger partial charge is 0.466 e. The van der Waals surface area contributed by atoms with Gasteiger partial charge in [-0.2, -0.15) is 0 Å². The first-order chi connectivity index (χ1) is 33.0. The van der Waals surface area contributed by atoms with E-state index in [2.05, 4.69) is 31.3 Å². The van der Waals surface area contributed by atoms with Crippen LogP contribution in [0.4, 0.5) is 0 Å². The fourth-order valence-corrected chi connectivity index (χ4v) is 9.64. The number of unbranched alkanes of at least 4 members (excludes halogenated alkanes) is 44. The second-order valence-corrected chi connectivity index (χ2v) is 21.0. The molecule has 398 valence electrons. The Morgan fingerprint density at radius 3 is 1.06 bits per heavy atom. The van der Waals surface area contributed by atoms with Crippen LogP contribution in [-0.2, 0) is 14.3 Å². The molecule has 1 amide bonds. The lowest BCUT2D eigenvalue weighted by molar-refractivity contribution is -0.143. The molecule has 6 nitrogen and oxygen atoms in total. The molecule has 0 rings (SSSR count). The zero-order valence-electron chi connectivity index (χ0n) is 45.4. The van der Waals surface area contributed by atoms with E-state index in [0.29, 0.717) is 25.9 Å². The van der Waals surface area contributed by atoms with Gasteiger partial charge in [0.25, 0.3) is 0 Å². The van der Waals surface area contributed by atoms with Crippen LogP contribution in [0.3, 0.4) is 0 Å². The predicted molar refractivity (Wildman–Crippen MR) is 292 cm³/mol. The summed E-state index contributed by atoms with van der Waals surface area (Å²) < 4.78 is 5.49. The first kappa shape index (κ1) is 65.6. The van der Waals surface area contributed by atoms with Gasteiger partial charge in [0.2, 0.25) is 5.91 Å². The number of rotatable bonds is 57. The third kappa shape index (κ3) is 53.8. The molecule has 0 radical (unpaired) electrons. The summed E-state index contributed by atoms with van der Waals surface area (Å²) in [5, 5.41) is 23.3. The van der Waals surface area contributed by atoms with Crippen LogP contribution in [0.25, 0.3) is 0 Å². The molecular weight excluding hydrogens is 827 g/mol. The maximum atomic E-state index is 12.5. The number of carbonyl (C=O) groups excluding carboxylic acids is 2. The number of hydrogen-bond donors (Lipinski definition) is 3. The Morgan fingerprint density at radius 2 is 0.701 bits per heavy atom. The van der Waals surface area contributed by atoms with Gasteiger partial charge < -0.3 is 20.3 Å². The minimum atomic E-state index is -0.671. The number of hydrogen-bond acceptors (Lipinski definition) is 5. The molecule has 0 spiro atoms. The first-order valence-electron chi connectivity index (χ1n) is 30.4. The van der Waals surface area contributed by atoms with Crippen LogP contribution >= 0.6 is 0 Å². The highest BCUT2D eigenvalue weighted by molar-refractivity contribution is 5.76. The van der Waals surface area contributed by atoms with Gasteiger partial charge >= 0.3 is 5.97 Å². The Hall–Kier alpha value is -1.40. The van der Waals surface area contributed by atoms with Crippen molar-refractivity contribution < 1.29 is 24.5 Å². The minimum absolute atomic E-state index is 0.00330. The summed E-state index contributed by atoms with van der Waals surface area (Å²) in [6.45, 7) is 4.96. The highest BCUT2D eigenvalue weighted by Gasteiger charge is 2.20. The lowest BCUT2D eigenvalue weighted by Gasteiger charge is -2.22. The molecule has 67 heavy (non-hydrogen) atoms. The van der Waals surface area contributed by atoms with Crippen LogP contribution in [0.15, 0.2) is 12.2 Å². The van der Waals surface area contributed by atoms with E-state index in [1.807, 2.05) is 0 Å². The minimum Gasteiger partial charge on any atom is -0.466 e. The van der Waals surface area contributed by atoms with Crippen LogP contribution in [0.2, 0.25) is 0 Å². The van der Waals surface area contributed by atoms with Crippen molar-refractivity contribution in [2.75, 3.05) is 13.2 Å². The number of amides is 1. The topological polar surface area (TPSA) is 95.9 Å². The monoisotopic (exact) mass is 946 g/mol. The Labute approximate surface area is 419 Å². The molecule has 0 aromatic heterocycles. The number of ether oxygens (including phenoxy) is 1. The molecule has 6 heteroatoms. The van der Waals surface area contributed by atoms with Crippen LogP contribution < -0.4 is 5.32 Å². The number of carbonyl (C=O) groups is 2.